The van der Waals surface area contributed by atoms with E-state index in [0.717, 1.165) is 36.7 Å². The van der Waals surface area contributed by atoms with Gasteiger partial charge in [0, 0.05) is 25.4 Å². The second-order valence-electron chi connectivity index (χ2n) is 7.41. The van der Waals surface area contributed by atoms with Crippen LogP contribution in [0.3, 0.4) is 0 Å². The largest absolute Gasteiger partial charge is 0.342 e. The van der Waals surface area contributed by atoms with Crippen LogP contribution in [0, 0.1) is 5.92 Å². The van der Waals surface area contributed by atoms with Crippen molar-refractivity contribution >= 4 is 11.7 Å². The molecule has 0 spiro atoms. The van der Waals surface area contributed by atoms with E-state index < -0.39 is 6.43 Å². The van der Waals surface area contributed by atoms with Gasteiger partial charge in [-0.25, -0.2) is 13.8 Å². The normalized spacial score (nSPS) is 21.8. The molecule has 0 bridgehead atoms. The molecule has 2 fully saturated rings. The van der Waals surface area contributed by atoms with Crippen LogP contribution < -0.4 is 0 Å². The fourth-order valence-corrected chi connectivity index (χ4v) is 4.25. The molecule has 1 aliphatic carbocycles. The molecule has 6 nitrogen and oxygen atoms in total. The minimum absolute atomic E-state index is 0.0320. The molecule has 0 aromatic carbocycles. The number of likely N-dealkylation sites (tertiary alicyclic amines) is 1. The predicted octanol–water partition coefficient (Wildman–Crippen LogP) is 3.35. The van der Waals surface area contributed by atoms with Crippen molar-refractivity contribution in [2.75, 3.05) is 13.1 Å². The SMILES string of the molecule is O=C(CC1CCCC1)N1CCCC(c2cc(C(F)F)n3ncnc3n2)C1. The number of aromatic nitrogens is 4. The van der Waals surface area contributed by atoms with Crippen molar-refractivity contribution in [3.05, 3.63) is 23.8 Å². The summed E-state index contributed by atoms with van der Waals surface area (Å²) in [5, 5.41) is 3.83. The monoisotopic (exact) mass is 363 g/mol. The van der Waals surface area contributed by atoms with Gasteiger partial charge in [0.25, 0.3) is 12.2 Å². The first kappa shape index (κ1) is 17.3. The zero-order valence-corrected chi connectivity index (χ0v) is 14.7. The first-order chi connectivity index (χ1) is 12.6. The number of hydrogen-bond donors (Lipinski definition) is 0. The Kier molecular flexibility index (Phi) is 4.82. The van der Waals surface area contributed by atoms with Crippen LogP contribution in [0.25, 0.3) is 5.78 Å². The van der Waals surface area contributed by atoms with E-state index in [1.807, 2.05) is 4.90 Å². The van der Waals surface area contributed by atoms with Gasteiger partial charge in [-0.2, -0.15) is 14.6 Å². The minimum atomic E-state index is -2.65. The van der Waals surface area contributed by atoms with Gasteiger partial charge in [0.05, 0.1) is 5.69 Å². The maximum atomic E-state index is 13.4. The molecule has 2 aromatic rings. The van der Waals surface area contributed by atoms with Crippen molar-refractivity contribution in [2.45, 2.75) is 57.3 Å². The van der Waals surface area contributed by atoms with E-state index >= 15 is 0 Å². The van der Waals surface area contributed by atoms with Crippen LogP contribution in [0.15, 0.2) is 12.4 Å². The Morgan fingerprint density at radius 2 is 2.04 bits per heavy atom. The minimum Gasteiger partial charge on any atom is -0.342 e. The van der Waals surface area contributed by atoms with E-state index in [2.05, 4.69) is 15.1 Å². The Labute approximate surface area is 150 Å². The molecular weight excluding hydrogens is 340 g/mol. The number of piperidine rings is 1. The average Bonchev–Trinajstić information content (AvgIpc) is 3.32. The number of nitrogens with zero attached hydrogens (tertiary/aromatic N) is 5. The summed E-state index contributed by atoms with van der Waals surface area (Å²) in [5.41, 5.74) is 0.385. The Hall–Kier alpha value is -2.12. The van der Waals surface area contributed by atoms with Crippen molar-refractivity contribution in [1.29, 1.82) is 0 Å². The highest BCUT2D eigenvalue weighted by atomic mass is 19.3. The Morgan fingerprint density at radius 1 is 1.23 bits per heavy atom. The molecule has 0 radical (unpaired) electrons. The molecule has 0 N–H and O–H groups in total. The van der Waals surface area contributed by atoms with E-state index in [0.29, 0.717) is 24.6 Å². The number of carbonyl (C=O) groups is 1. The summed E-state index contributed by atoms with van der Waals surface area (Å²) in [7, 11) is 0. The molecule has 1 saturated carbocycles. The van der Waals surface area contributed by atoms with E-state index in [1.54, 1.807) is 0 Å². The number of amides is 1. The highest BCUT2D eigenvalue weighted by Gasteiger charge is 2.29. The molecule has 2 aliphatic rings. The number of alkyl halides is 2. The third kappa shape index (κ3) is 3.41. The maximum Gasteiger partial charge on any atom is 0.280 e. The fourth-order valence-electron chi connectivity index (χ4n) is 4.25. The summed E-state index contributed by atoms with van der Waals surface area (Å²) in [6.07, 6.45) is 5.64. The van der Waals surface area contributed by atoms with Gasteiger partial charge >= 0.3 is 0 Å². The van der Waals surface area contributed by atoms with E-state index in [9.17, 15) is 13.6 Å². The lowest BCUT2D eigenvalue weighted by Gasteiger charge is -2.33. The molecule has 1 saturated heterocycles. The number of rotatable bonds is 4. The van der Waals surface area contributed by atoms with Crippen LogP contribution in [0.4, 0.5) is 8.78 Å². The van der Waals surface area contributed by atoms with Crippen LogP contribution in [-0.4, -0.2) is 43.5 Å². The quantitative estimate of drug-likeness (QED) is 0.836. The number of halogens is 2. The van der Waals surface area contributed by atoms with Gasteiger partial charge in [0.15, 0.2) is 0 Å². The van der Waals surface area contributed by atoms with Crippen molar-refractivity contribution in [3.8, 4) is 0 Å². The molecule has 1 unspecified atom stereocenters. The van der Waals surface area contributed by atoms with Crippen LogP contribution in [-0.2, 0) is 4.79 Å². The summed E-state index contributed by atoms with van der Waals surface area (Å²) in [5.74, 6) is 0.862. The zero-order valence-electron chi connectivity index (χ0n) is 14.7. The zero-order chi connectivity index (χ0) is 18.1. The van der Waals surface area contributed by atoms with Gasteiger partial charge in [0.2, 0.25) is 5.91 Å². The summed E-state index contributed by atoms with van der Waals surface area (Å²) >= 11 is 0. The van der Waals surface area contributed by atoms with Gasteiger partial charge in [-0.3, -0.25) is 4.79 Å². The van der Waals surface area contributed by atoms with Crippen LogP contribution >= 0.6 is 0 Å². The summed E-state index contributed by atoms with van der Waals surface area (Å²) in [4.78, 5) is 22.9. The lowest BCUT2D eigenvalue weighted by Crippen LogP contribution is -2.40. The van der Waals surface area contributed by atoms with Crippen LogP contribution in [0.2, 0.25) is 0 Å². The van der Waals surface area contributed by atoms with E-state index in [-0.39, 0.29) is 23.3 Å². The van der Waals surface area contributed by atoms with Crippen molar-refractivity contribution < 1.29 is 13.6 Å². The van der Waals surface area contributed by atoms with Gasteiger partial charge in [0.1, 0.15) is 12.0 Å². The summed E-state index contributed by atoms with van der Waals surface area (Å²) in [6, 6.07) is 1.42. The molecule has 1 amide bonds. The van der Waals surface area contributed by atoms with Crippen molar-refractivity contribution in [3.63, 3.8) is 0 Å². The Balaban J connectivity index is 1.52. The molecule has 3 heterocycles. The molecular formula is C18H23F2N5O. The fraction of sp³-hybridized carbons (Fsp3) is 0.667. The predicted molar refractivity (Wildman–Crippen MR) is 90.9 cm³/mol. The number of hydrogen-bond acceptors (Lipinski definition) is 4. The van der Waals surface area contributed by atoms with Crippen LogP contribution in [0.1, 0.15) is 68.7 Å². The molecule has 2 aromatic heterocycles. The standard InChI is InChI=1S/C18H23F2N5O/c19-17(20)15-9-14(23-18-21-11-22-25(15)18)13-6-3-7-24(10-13)16(26)8-12-4-1-2-5-12/h9,11-13,17H,1-8,10H2. The average molecular weight is 363 g/mol. The van der Waals surface area contributed by atoms with Gasteiger partial charge < -0.3 is 4.90 Å². The third-order valence-corrected chi connectivity index (χ3v) is 5.65. The lowest BCUT2D eigenvalue weighted by atomic mass is 9.93. The molecule has 1 atom stereocenters. The van der Waals surface area contributed by atoms with Gasteiger partial charge in [-0.1, -0.05) is 12.8 Å². The third-order valence-electron chi connectivity index (χ3n) is 5.65. The molecule has 1 aliphatic heterocycles. The first-order valence-electron chi connectivity index (χ1n) is 9.38. The summed E-state index contributed by atoms with van der Waals surface area (Å²) in [6.45, 7) is 1.29. The first-order valence-corrected chi connectivity index (χ1v) is 9.38. The van der Waals surface area contributed by atoms with Crippen molar-refractivity contribution in [1.82, 2.24) is 24.5 Å². The molecule has 140 valence electrons. The number of carbonyl (C=O) groups excluding carboxylic acids is 1. The smallest absolute Gasteiger partial charge is 0.280 e. The van der Waals surface area contributed by atoms with Gasteiger partial charge in [-0.05, 0) is 37.7 Å². The lowest BCUT2D eigenvalue weighted by molar-refractivity contribution is -0.133. The second kappa shape index (κ2) is 7.25. The topological polar surface area (TPSA) is 63.4 Å². The molecule has 8 heteroatoms. The van der Waals surface area contributed by atoms with E-state index in [4.69, 9.17) is 0 Å². The highest BCUT2D eigenvalue weighted by molar-refractivity contribution is 5.76. The van der Waals surface area contributed by atoms with E-state index in [1.165, 1.54) is 25.2 Å². The number of fused-ring (bicyclic) bond motifs is 1. The molecule has 4 rings (SSSR count). The van der Waals surface area contributed by atoms with Crippen molar-refractivity contribution in [2.24, 2.45) is 5.92 Å². The summed E-state index contributed by atoms with van der Waals surface area (Å²) < 4.78 is 27.8. The maximum absolute atomic E-state index is 13.4. The second-order valence-corrected chi connectivity index (χ2v) is 7.41. The van der Waals surface area contributed by atoms with Gasteiger partial charge in [-0.15, -0.1) is 0 Å². The van der Waals surface area contributed by atoms with Crippen LogP contribution in [0.5, 0.6) is 0 Å². The Morgan fingerprint density at radius 3 is 2.81 bits per heavy atom. The molecule has 26 heavy (non-hydrogen) atoms. The Bertz CT molecular complexity index is 787. The highest BCUT2D eigenvalue weighted by Crippen LogP contribution is 2.31.